The minimum atomic E-state index is 0.143. The molecule has 0 saturated carbocycles. The van der Waals surface area contributed by atoms with Gasteiger partial charge in [0, 0.05) is 31.7 Å². The van der Waals surface area contributed by atoms with Crippen LogP contribution in [-0.4, -0.2) is 22.8 Å². The Morgan fingerprint density at radius 2 is 2.12 bits per heavy atom. The Bertz CT molecular complexity index is 368. The van der Waals surface area contributed by atoms with Crippen LogP contribution in [0.5, 0.6) is 0 Å². The number of aromatic nitrogens is 2. The van der Waals surface area contributed by atoms with Crippen molar-refractivity contribution in [1.82, 2.24) is 9.55 Å². The van der Waals surface area contributed by atoms with E-state index in [4.69, 9.17) is 15.5 Å². The molecule has 0 amide bonds. The Hall–Kier alpha value is -0.870. The number of hydrogen-bond donors (Lipinski definition) is 1. The van der Waals surface area contributed by atoms with Gasteiger partial charge in [0.15, 0.2) is 0 Å². The van der Waals surface area contributed by atoms with Crippen LogP contribution in [0.3, 0.4) is 0 Å². The van der Waals surface area contributed by atoms with Gasteiger partial charge in [-0.2, -0.15) is 0 Å². The van der Waals surface area contributed by atoms with Gasteiger partial charge in [-0.05, 0) is 25.7 Å². The maximum absolute atomic E-state index is 6.09. The summed E-state index contributed by atoms with van der Waals surface area (Å²) >= 11 is 0. The average molecular weight is 221 g/mol. The molecule has 2 N–H and O–H groups in total. The number of aryl methyl sites for hydroxylation is 1. The van der Waals surface area contributed by atoms with Crippen LogP contribution < -0.4 is 5.73 Å². The predicted octanol–water partition coefficient (Wildman–Crippen LogP) is 1.57. The molecule has 3 rings (SSSR count). The van der Waals surface area contributed by atoms with Gasteiger partial charge in [-0.25, -0.2) is 4.98 Å². The maximum atomic E-state index is 6.09. The number of ether oxygens (including phenoxy) is 1. The van der Waals surface area contributed by atoms with E-state index >= 15 is 0 Å². The van der Waals surface area contributed by atoms with E-state index in [1.807, 2.05) is 0 Å². The predicted molar refractivity (Wildman–Crippen MR) is 61.2 cm³/mol. The smallest absolute Gasteiger partial charge is 0.110 e. The monoisotopic (exact) mass is 221 g/mol. The van der Waals surface area contributed by atoms with Crippen molar-refractivity contribution in [3.05, 3.63) is 17.7 Å². The van der Waals surface area contributed by atoms with E-state index < -0.39 is 0 Å². The third-order valence-electron chi connectivity index (χ3n) is 3.72. The summed E-state index contributed by atoms with van der Waals surface area (Å²) in [5, 5.41) is 0. The van der Waals surface area contributed by atoms with Crippen molar-refractivity contribution >= 4 is 0 Å². The summed E-state index contributed by atoms with van der Waals surface area (Å²) in [5.41, 5.74) is 7.32. The molecular formula is C12H19N3O. The summed E-state index contributed by atoms with van der Waals surface area (Å²) in [6.45, 7) is 1.75. The number of nitrogens with two attached hydrogens (primary N) is 1. The molecule has 1 atom stereocenters. The number of imidazole rings is 1. The Kier molecular flexibility index (Phi) is 2.69. The molecule has 2 aliphatic heterocycles. The topological polar surface area (TPSA) is 53.1 Å². The lowest BCUT2D eigenvalue weighted by atomic mass is 9.97. The average Bonchev–Trinajstić information content (AvgIpc) is 2.76. The number of nitrogens with zero attached hydrogens (tertiary/aromatic N) is 2. The maximum Gasteiger partial charge on any atom is 0.110 e. The van der Waals surface area contributed by atoms with Gasteiger partial charge in [-0.3, -0.25) is 0 Å². The van der Waals surface area contributed by atoms with Crippen molar-refractivity contribution in [3.63, 3.8) is 0 Å². The van der Waals surface area contributed by atoms with Gasteiger partial charge >= 0.3 is 0 Å². The molecule has 2 aliphatic rings. The standard InChI is InChI=1S/C12H19N3O/c13-11-2-1-3-12-14-10(8-15(11)12)9-4-6-16-7-5-9/h8-9,11H,1-7,13H2. The second-order valence-electron chi connectivity index (χ2n) is 4.84. The zero-order chi connectivity index (χ0) is 11.0. The fraction of sp³-hybridized carbons (Fsp3) is 0.750. The van der Waals surface area contributed by atoms with E-state index in [0.29, 0.717) is 5.92 Å². The second kappa shape index (κ2) is 4.18. The summed E-state index contributed by atoms with van der Waals surface area (Å²) in [6, 6.07) is 0. The SMILES string of the molecule is NC1CCCc2nc(C3CCOCC3)cn21. The molecule has 0 aromatic carbocycles. The normalized spacial score (nSPS) is 26.7. The first-order chi connectivity index (χ1) is 7.84. The fourth-order valence-corrected chi connectivity index (χ4v) is 2.72. The van der Waals surface area contributed by atoms with Gasteiger partial charge in [0.05, 0.1) is 11.9 Å². The molecule has 1 aromatic rings. The van der Waals surface area contributed by atoms with Gasteiger partial charge in [0.1, 0.15) is 5.82 Å². The zero-order valence-corrected chi connectivity index (χ0v) is 9.56. The molecule has 88 valence electrons. The third kappa shape index (κ3) is 1.76. The Morgan fingerprint density at radius 1 is 1.31 bits per heavy atom. The summed E-state index contributed by atoms with van der Waals surface area (Å²) in [4.78, 5) is 4.75. The van der Waals surface area contributed by atoms with Gasteiger partial charge in [-0.15, -0.1) is 0 Å². The minimum absolute atomic E-state index is 0.143. The van der Waals surface area contributed by atoms with Crippen molar-refractivity contribution in [3.8, 4) is 0 Å². The third-order valence-corrected chi connectivity index (χ3v) is 3.72. The van der Waals surface area contributed by atoms with Gasteiger partial charge in [0.2, 0.25) is 0 Å². The van der Waals surface area contributed by atoms with E-state index in [-0.39, 0.29) is 6.17 Å². The number of rotatable bonds is 1. The van der Waals surface area contributed by atoms with Crippen LogP contribution in [0, 0.1) is 0 Å². The van der Waals surface area contributed by atoms with Crippen molar-refractivity contribution in [1.29, 1.82) is 0 Å². The molecule has 1 saturated heterocycles. The Labute approximate surface area is 95.8 Å². The molecule has 0 bridgehead atoms. The Morgan fingerprint density at radius 3 is 2.88 bits per heavy atom. The lowest BCUT2D eigenvalue weighted by Gasteiger charge is -2.21. The molecule has 0 aliphatic carbocycles. The van der Waals surface area contributed by atoms with Crippen LogP contribution in [0.2, 0.25) is 0 Å². The van der Waals surface area contributed by atoms with Crippen molar-refractivity contribution < 1.29 is 4.74 Å². The van der Waals surface area contributed by atoms with Crippen molar-refractivity contribution in [2.75, 3.05) is 13.2 Å². The zero-order valence-electron chi connectivity index (χ0n) is 9.56. The molecule has 3 heterocycles. The fourth-order valence-electron chi connectivity index (χ4n) is 2.72. The van der Waals surface area contributed by atoms with E-state index in [0.717, 1.165) is 38.9 Å². The summed E-state index contributed by atoms with van der Waals surface area (Å²) in [6.07, 6.45) is 7.86. The molecule has 0 spiro atoms. The molecule has 1 aromatic heterocycles. The van der Waals surface area contributed by atoms with Crippen LogP contribution in [0.25, 0.3) is 0 Å². The van der Waals surface area contributed by atoms with Gasteiger partial charge in [-0.1, -0.05) is 0 Å². The van der Waals surface area contributed by atoms with Crippen LogP contribution in [-0.2, 0) is 11.2 Å². The lowest BCUT2D eigenvalue weighted by Crippen LogP contribution is -2.24. The summed E-state index contributed by atoms with van der Waals surface area (Å²) in [7, 11) is 0. The van der Waals surface area contributed by atoms with E-state index in [1.165, 1.54) is 17.9 Å². The van der Waals surface area contributed by atoms with E-state index in [1.54, 1.807) is 0 Å². The van der Waals surface area contributed by atoms with Gasteiger partial charge in [0.25, 0.3) is 0 Å². The van der Waals surface area contributed by atoms with Crippen molar-refractivity contribution in [2.45, 2.75) is 44.2 Å². The molecule has 0 radical (unpaired) electrons. The first-order valence-electron chi connectivity index (χ1n) is 6.25. The van der Waals surface area contributed by atoms with Crippen molar-refractivity contribution in [2.24, 2.45) is 5.73 Å². The van der Waals surface area contributed by atoms with Crippen LogP contribution in [0.15, 0.2) is 6.20 Å². The Balaban J connectivity index is 1.85. The highest BCUT2D eigenvalue weighted by atomic mass is 16.5. The second-order valence-corrected chi connectivity index (χ2v) is 4.84. The lowest BCUT2D eigenvalue weighted by molar-refractivity contribution is 0.0845. The number of hydrogen-bond acceptors (Lipinski definition) is 3. The van der Waals surface area contributed by atoms with E-state index in [9.17, 15) is 0 Å². The van der Waals surface area contributed by atoms with Gasteiger partial charge < -0.3 is 15.0 Å². The molecule has 1 unspecified atom stereocenters. The highest BCUT2D eigenvalue weighted by molar-refractivity contribution is 5.12. The number of fused-ring (bicyclic) bond motifs is 1. The molecule has 1 fully saturated rings. The summed E-state index contributed by atoms with van der Waals surface area (Å²) < 4.78 is 7.56. The van der Waals surface area contributed by atoms with Crippen LogP contribution in [0.4, 0.5) is 0 Å². The van der Waals surface area contributed by atoms with Crippen LogP contribution >= 0.6 is 0 Å². The molecule has 4 heteroatoms. The van der Waals surface area contributed by atoms with E-state index in [2.05, 4.69) is 10.8 Å². The minimum Gasteiger partial charge on any atom is -0.381 e. The summed E-state index contributed by atoms with van der Waals surface area (Å²) in [5.74, 6) is 1.76. The quantitative estimate of drug-likeness (QED) is 0.783. The molecule has 4 nitrogen and oxygen atoms in total. The molecular weight excluding hydrogens is 202 g/mol. The highest BCUT2D eigenvalue weighted by Crippen LogP contribution is 2.29. The van der Waals surface area contributed by atoms with Crippen LogP contribution in [0.1, 0.15) is 49.3 Å². The first kappa shape index (κ1) is 10.3. The molecule has 16 heavy (non-hydrogen) atoms. The largest absolute Gasteiger partial charge is 0.381 e. The first-order valence-corrected chi connectivity index (χ1v) is 6.25. The highest BCUT2D eigenvalue weighted by Gasteiger charge is 2.23.